The Morgan fingerprint density at radius 1 is 1.47 bits per heavy atom. The summed E-state index contributed by atoms with van der Waals surface area (Å²) in [7, 11) is 0. The third kappa shape index (κ3) is 5.67. The van der Waals surface area contributed by atoms with Crippen molar-refractivity contribution in [2.24, 2.45) is 0 Å². The molecule has 0 saturated carbocycles. The van der Waals surface area contributed by atoms with E-state index in [1.165, 1.54) is 0 Å². The summed E-state index contributed by atoms with van der Waals surface area (Å²) in [4.78, 5) is 11.2. The molecule has 15 heavy (non-hydrogen) atoms. The molecule has 1 rings (SSSR count). The molecular weight excluding hydrogens is 204 g/mol. The molecule has 88 valence electrons. The fraction of sp³-hybridized carbons (Fsp3) is 0.900. The quantitative estimate of drug-likeness (QED) is 0.788. The molecule has 5 heteroatoms. The van der Waals surface area contributed by atoms with Gasteiger partial charge in [-0.15, -0.1) is 0 Å². The Morgan fingerprint density at radius 2 is 2.20 bits per heavy atom. The molecule has 1 aliphatic rings. The summed E-state index contributed by atoms with van der Waals surface area (Å²) in [5.41, 5.74) is 0. The Hall–Kier alpha value is -0.710. The number of carbonyl (C=O) groups is 1. The van der Waals surface area contributed by atoms with Crippen molar-refractivity contribution in [3.05, 3.63) is 0 Å². The molecule has 0 aromatic heterocycles. The first-order valence-corrected chi connectivity index (χ1v) is 5.22. The van der Waals surface area contributed by atoms with E-state index in [-0.39, 0.29) is 6.04 Å². The highest BCUT2D eigenvalue weighted by atomic mass is 19.3. The van der Waals surface area contributed by atoms with E-state index in [0.717, 1.165) is 19.8 Å². The second-order valence-corrected chi connectivity index (χ2v) is 4.05. The van der Waals surface area contributed by atoms with E-state index in [2.05, 4.69) is 5.32 Å². The summed E-state index contributed by atoms with van der Waals surface area (Å²) in [6, 6.07) is -0.0117. The Labute approximate surface area is 88.2 Å². The number of rotatable bonds is 3. The number of ether oxygens (including phenoxy) is 1. The lowest BCUT2D eigenvalue weighted by molar-refractivity contribution is -0.128. The summed E-state index contributed by atoms with van der Waals surface area (Å²) in [6.07, 6.45) is 1.65. The van der Waals surface area contributed by atoms with Crippen LogP contribution in [0.4, 0.5) is 8.78 Å². The molecule has 1 saturated heterocycles. The van der Waals surface area contributed by atoms with Crippen molar-refractivity contribution in [1.82, 2.24) is 5.32 Å². The van der Waals surface area contributed by atoms with E-state index >= 15 is 0 Å². The van der Waals surface area contributed by atoms with Gasteiger partial charge in [-0.2, -0.15) is 0 Å². The van der Waals surface area contributed by atoms with Crippen molar-refractivity contribution in [2.75, 3.05) is 13.2 Å². The van der Waals surface area contributed by atoms with Crippen molar-refractivity contribution < 1.29 is 18.3 Å². The van der Waals surface area contributed by atoms with E-state index in [1.54, 1.807) is 0 Å². The summed E-state index contributed by atoms with van der Waals surface area (Å²) in [6.45, 7) is 2.03. The van der Waals surface area contributed by atoms with Gasteiger partial charge in [-0.05, 0) is 26.2 Å². The van der Waals surface area contributed by atoms with Crippen LogP contribution in [-0.2, 0) is 9.53 Å². The molecular formula is C10H17F2NO2. The van der Waals surface area contributed by atoms with Gasteiger partial charge in [0.2, 0.25) is 5.91 Å². The summed E-state index contributed by atoms with van der Waals surface area (Å²) >= 11 is 0. The first-order chi connectivity index (χ1) is 6.97. The molecule has 0 aromatic rings. The zero-order valence-electron chi connectivity index (χ0n) is 8.89. The van der Waals surface area contributed by atoms with Crippen LogP contribution in [0.2, 0.25) is 0 Å². The SMILES string of the molecule is CC(F)(F)CC(=O)NC1CCCOCC1. The highest BCUT2D eigenvalue weighted by molar-refractivity contribution is 5.77. The van der Waals surface area contributed by atoms with E-state index in [4.69, 9.17) is 4.74 Å². The average Bonchev–Trinajstić information content (AvgIpc) is 2.28. The Kier molecular flexibility index (Phi) is 4.45. The van der Waals surface area contributed by atoms with Crippen LogP contribution >= 0.6 is 0 Å². The summed E-state index contributed by atoms with van der Waals surface area (Å²) < 4.78 is 30.3. The van der Waals surface area contributed by atoms with Crippen molar-refractivity contribution in [2.45, 2.75) is 44.6 Å². The molecule has 1 atom stereocenters. The zero-order chi connectivity index (χ0) is 11.3. The Morgan fingerprint density at radius 3 is 2.87 bits per heavy atom. The molecule has 1 N–H and O–H groups in total. The third-order valence-corrected chi connectivity index (χ3v) is 2.29. The summed E-state index contributed by atoms with van der Waals surface area (Å²) in [5.74, 6) is -3.50. The lowest BCUT2D eigenvalue weighted by Crippen LogP contribution is -2.37. The zero-order valence-corrected chi connectivity index (χ0v) is 8.89. The molecule has 0 aliphatic carbocycles. The highest BCUT2D eigenvalue weighted by Gasteiger charge is 2.26. The van der Waals surface area contributed by atoms with Crippen molar-refractivity contribution >= 4 is 5.91 Å². The van der Waals surface area contributed by atoms with Gasteiger partial charge < -0.3 is 10.1 Å². The smallest absolute Gasteiger partial charge is 0.254 e. The van der Waals surface area contributed by atoms with E-state index in [1.807, 2.05) is 0 Å². The van der Waals surface area contributed by atoms with Crippen molar-refractivity contribution in [3.63, 3.8) is 0 Å². The Balaban J connectivity index is 2.30. The number of carbonyl (C=O) groups excluding carboxylic acids is 1. The van der Waals surface area contributed by atoms with Crippen LogP contribution in [0, 0.1) is 0 Å². The lowest BCUT2D eigenvalue weighted by Gasteiger charge is -2.17. The second kappa shape index (κ2) is 5.39. The largest absolute Gasteiger partial charge is 0.381 e. The van der Waals surface area contributed by atoms with Crippen LogP contribution in [0.5, 0.6) is 0 Å². The molecule has 3 nitrogen and oxygen atoms in total. The topological polar surface area (TPSA) is 38.3 Å². The fourth-order valence-electron chi connectivity index (χ4n) is 1.61. The van der Waals surface area contributed by atoms with Gasteiger partial charge in [0, 0.05) is 19.3 Å². The molecule has 1 fully saturated rings. The highest BCUT2D eigenvalue weighted by Crippen LogP contribution is 2.17. The van der Waals surface area contributed by atoms with Gasteiger partial charge in [-0.1, -0.05) is 0 Å². The predicted molar refractivity (Wildman–Crippen MR) is 51.8 cm³/mol. The number of nitrogens with one attached hydrogen (secondary N) is 1. The second-order valence-electron chi connectivity index (χ2n) is 4.05. The van der Waals surface area contributed by atoms with E-state index in [9.17, 15) is 13.6 Å². The van der Waals surface area contributed by atoms with Gasteiger partial charge in [0.25, 0.3) is 5.92 Å². The van der Waals surface area contributed by atoms with Crippen LogP contribution in [0.3, 0.4) is 0 Å². The van der Waals surface area contributed by atoms with Crippen LogP contribution in [0.1, 0.15) is 32.6 Å². The lowest BCUT2D eigenvalue weighted by atomic mass is 10.1. The summed E-state index contributed by atoms with van der Waals surface area (Å²) in [5, 5.41) is 2.62. The average molecular weight is 221 g/mol. The molecule has 0 radical (unpaired) electrons. The minimum absolute atomic E-state index is 0.0117. The number of halogens is 2. The van der Waals surface area contributed by atoms with E-state index in [0.29, 0.717) is 19.6 Å². The normalized spacial score (nSPS) is 23.3. The minimum atomic E-state index is -2.93. The van der Waals surface area contributed by atoms with Crippen LogP contribution in [0.15, 0.2) is 0 Å². The van der Waals surface area contributed by atoms with Crippen molar-refractivity contribution in [3.8, 4) is 0 Å². The van der Waals surface area contributed by atoms with Crippen LogP contribution < -0.4 is 5.32 Å². The van der Waals surface area contributed by atoms with Gasteiger partial charge in [-0.25, -0.2) is 8.78 Å². The van der Waals surface area contributed by atoms with Gasteiger partial charge in [0.1, 0.15) is 0 Å². The molecule has 0 bridgehead atoms. The molecule has 0 aromatic carbocycles. The number of hydrogen-bond acceptors (Lipinski definition) is 2. The standard InChI is InChI=1S/C10H17F2NO2/c1-10(11,12)7-9(14)13-8-3-2-5-15-6-4-8/h8H,2-7H2,1H3,(H,13,14). The fourth-order valence-corrected chi connectivity index (χ4v) is 1.61. The van der Waals surface area contributed by atoms with E-state index < -0.39 is 18.3 Å². The Bertz CT molecular complexity index is 208. The van der Waals surface area contributed by atoms with Gasteiger partial charge in [-0.3, -0.25) is 4.79 Å². The number of amides is 1. The molecule has 1 amide bonds. The maximum Gasteiger partial charge on any atom is 0.254 e. The number of alkyl halides is 2. The van der Waals surface area contributed by atoms with Gasteiger partial charge in [0.15, 0.2) is 0 Å². The first kappa shape index (κ1) is 12.4. The van der Waals surface area contributed by atoms with Crippen LogP contribution in [0.25, 0.3) is 0 Å². The molecule has 1 unspecified atom stereocenters. The molecule has 1 aliphatic heterocycles. The van der Waals surface area contributed by atoms with Gasteiger partial charge >= 0.3 is 0 Å². The monoisotopic (exact) mass is 221 g/mol. The van der Waals surface area contributed by atoms with Crippen LogP contribution in [-0.4, -0.2) is 31.1 Å². The maximum atomic E-state index is 12.5. The minimum Gasteiger partial charge on any atom is -0.381 e. The number of hydrogen-bond donors (Lipinski definition) is 1. The van der Waals surface area contributed by atoms with Crippen molar-refractivity contribution in [1.29, 1.82) is 0 Å². The maximum absolute atomic E-state index is 12.5. The molecule has 0 spiro atoms. The van der Waals surface area contributed by atoms with Gasteiger partial charge in [0.05, 0.1) is 6.42 Å². The third-order valence-electron chi connectivity index (χ3n) is 2.29. The first-order valence-electron chi connectivity index (χ1n) is 5.22. The molecule has 1 heterocycles. The predicted octanol–water partition coefficient (Wildman–Crippen LogP) is 1.72.